The first-order valence-electron chi connectivity index (χ1n) is 13.4. The fourth-order valence-electron chi connectivity index (χ4n) is 6.00. The lowest BCUT2D eigenvalue weighted by Gasteiger charge is -2.51. The predicted octanol–water partition coefficient (Wildman–Crippen LogP) is 5.28. The quantitative estimate of drug-likeness (QED) is 0.487. The van der Waals surface area contributed by atoms with E-state index in [1.54, 1.807) is 13.2 Å². The highest BCUT2D eigenvalue weighted by molar-refractivity contribution is 5.88. The number of carbonyl (C=O) groups is 1. The summed E-state index contributed by atoms with van der Waals surface area (Å²) in [6.45, 7) is 6.30. The van der Waals surface area contributed by atoms with Crippen LogP contribution in [0.3, 0.4) is 0 Å². The molecule has 0 aromatic heterocycles. The van der Waals surface area contributed by atoms with E-state index in [2.05, 4.69) is 11.4 Å². The van der Waals surface area contributed by atoms with Crippen molar-refractivity contribution in [3.63, 3.8) is 0 Å². The van der Waals surface area contributed by atoms with Gasteiger partial charge in [0.25, 0.3) is 11.5 Å². The molecule has 1 amide bonds. The normalized spacial score (nSPS) is 21.4. The highest BCUT2D eigenvalue weighted by atomic mass is 19.4. The summed E-state index contributed by atoms with van der Waals surface area (Å²) in [7, 11) is 2.60. The highest BCUT2D eigenvalue weighted by Crippen LogP contribution is 2.51. The average molecular weight is 549 g/mol. The monoisotopic (exact) mass is 548 g/mol. The molecular formula is C30H39F3N2O4. The van der Waals surface area contributed by atoms with Crippen molar-refractivity contribution < 1.29 is 32.2 Å². The van der Waals surface area contributed by atoms with E-state index in [9.17, 15) is 18.0 Å². The van der Waals surface area contributed by atoms with Crippen LogP contribution in [0.5, 0.6) is 5.75 Å². The molecule has 1 unspecified atom stereocenters. The van der Waals surface area contributed by atoms with E-state index in [1.165, 1.54) is 29.2 Å². The molecule has 4 rings (SSSR count). The molecule has 0 radical (unpaired) electrons. The lowest BCUT2D eigenvalue weighted by atomic mass is 9.62. The second-order valence-corrected chi connectivity index (χ2v) is 11.2. The van der Waals surface area contributed by atoms with Crippen molar-refractivity contribution in [3.05, 3.63) is 65.7 Å². The third-order valence-electron chi connectivity index (χ3n) is 8.54. The second kappa shape index (κ2) is 11.5. The van der Waals surface area contributed by atoms with Crippen LogP contribution >= 0.6 is 0 Å². The number of likely N-dealkylation sites (tertiary alicyclic amines) is 1. The van der Waals surface area contributed by atoms with Crippen LogP contribution in [0.15, 0.2) is 54.6 Å². The fourth-order valence-corrected chi connectivity index (χ4v) is 6.00. The van der Waals surface area contributed by atoms with Gasteiger partial charge in [0, 0.05) is 45.3 Å². The molecule has 2 heterocycles. The van der Waals surface area contributed by atoms with E-state index in [0.717, 1.165) is 37.9 Å². The Morgan fingerprint density at radius 1 is 0.974 bits per heavy atom. The summed E-state index contributed by atoms with van der Waals surface area (Å²) in [6.07, 6.45) is -2.87. The summed E-state index contributed by atoms with van der Waals surface area (Å²) in [6, 6.07) is 15.1. The Kier molecular flexibility index (Phi) is 8.64. The highest BCUT2D eigenvalue weighted by Gasteiger charge is 2.64. The van der Waals surface area contributed by atoms with Crippen molar-refractivity contribution in [3.8, 4) is 5.75 Å². The van der Waals surface area contributed by atoms with E-state index in [-0.39, 0.29) is 30.0 Å². The Bertz CT molecular complexity index is 1120. The molecule has 2 aromatic carbocycles. The van der Waals surface area contributed by atoms with Crippen LogP contribution in [-0.4, -0.2) is 69.6 Å². The summed E-state index contributed by atoms with van der Waals surface area (Å²) in [5.74, 6) is -0.183. The van der Waals surface area contributed by atoms with Crippen LogP contribution in [-0.2, 0) is 19.9 Å². The van der Waals surface area contributed by atoms with Gasteiger partial charge in [0.15, 0.2) is 0 Å². The summed E-state index contributed by atoms with van der Waals surface area (Å²) in [5.41, 5.74) is -2.80. The molecular weight excluding hydrogens is 509 g/mol. The Morgan fingerprint density at radius 2 is 1.62 bits per heavy atom. The number of ether oxygens (including phenoxy) is 3. The van der Waals surface area contributed by atoms with Gasteiger partial charge in [-0.2, -0.15) is 13.2 Å². The van der Waals surface area contributed by atoms with Crippen molar-refractivity contribution in [2.24, 2.45) is 5.41 Å². The molecule has 9 heteroatoms. The maximum absolute atomic E-state index is 14.5. The molecule has 2 aliphatic heterocycles. The largest absolute Gasteiger partial charge is 0.490 e. The topological polar surface area (TPSA) is 60.0 Å². The van der Waals surface area contributed by atoms with Gasteiger partial charge in [-0.25, -0.2) is 0 Å². The number of para-hydroxylation sites is 1. The number of rotatable bonds is 8. The zero-order valence-electron chi connectivity index (χ0n) is 23.1. The van der Waals surface area contributed by atoms with Gasteiger partial charge in [-0.05, 0) is 56.7 Å². The third kappa shape index (κ3) is 5.67. The molecule has 2 aliphatic rings. The van der Waals surface area contributed by atoms with E-state index in [4.69, 9.17) is 14.2 Å². The summed E-state index contributed by atoms with van der Waals surface area (Å²) >= 11 is 0. The van der Waals surface area contributed by atoms with Crippen LogP contribution in [0, 0.1) is 5.41 Å². The van der Waals surface area contributed by atoms with Gasteiger partial charge in [0.1, 0.15) is 12.4 Å². The number of alkyl halides is 3. The number of carbonyl (C=O) groups excluding carboxylic acids is 1. The zero-order valence-corrected chi connectivity index (χ0v) is 23.1. The molecule has 6 nitrogen and oxygen atoms in total. The number of amides is 1. The molecule has 2 saturated heterocycles. The van der Waals surface area contributed by atoms with E-state index >= 15 is 0 Å². The number of nitrogens with zero attached hydrogens (tertiary/aromatic N) is 1. The van der Waals surface area contributed by atoms with Crippen LogP contribution < -0.4 is 10.1 Å². The molecule has 1 spiro atoms. The Morgan fingerprint density at radius 3 is 2.23 bits per heavy atom. The molecule has 214 valence electrons. The summed E-state index contributed by atoms with van der Waals surface area (Å²) in [5, 5.41) is 3.49. The number of hydrogen-bond donors (Lipinski definition) is 1. The molecule has 2 atom stereocenters. The summed E-state index contributed by atoms with van der Waals surface area (Å²) in [4.78, 5) is 15.0. The number of halogens is 3. The summed E-state index contributed by atoms with van der Waals surface area (Å²) < 4.78 is 60.4. The van der Waals surface area contributed by atoms with E-state index < -0.39 is 23.3 Å². The van der Waals surface area contributed by atoms with Gasteiger partial charge < -0.3 is 24.4 Å². The number of nitrogens with one attached hydrogen (secondary N) is 1. The first kappa shape index (κ1) is 29.4. The first-order chi connectivity index (χ1) is 18.5. The molecule has 39 heavy (non-hydrogen) atoms. The van der Waals surface area contributed by atoms with E-state index in [0.29, 0.717) is 19.4 Å². The first-order valence-corrected chi connectivity index (χ1v) is 13.4. The van der Waals surface area contributed by atoms with Crippen molar-refractivity contribution in [1.29, 1.82) is 0 Å². The van der Waals surface area contributed by atoms with Gasteiger partial charge in [-0.1, -0.05) is 48.5 Å². The van der Waals surface area contributed by atoms with Crippen molar-refractivity contribution >= 4 is 5.91 Å². The van der Waals surface area contributed by atoms with Gasteiger partial charge >= 0.3 is 6.18 Å². The maximum Gasteiger partial charge on any atom is 0.430 e. The average Bonchev–Trinajstić information content (AvgIpc) is 2.93. The molecule has 0 aliphatic carbocycles. The Hall–Kier alpha value is -2.62. The van der Waals surface area contributed by atoms with Gasteiger partial charge in [-0.15, -0.1) is 0 Å². The molecule has 2 aromatic rings. The lowest BCUT2D eigenvalue weighted by Crippen LogP contribution is -2.59. The zero-order chi connectivity index (χ0) is 28.3. The van der Waals surface area contributed by atoms with Gasteiger partial charge in [0.2, 0.25) is 0 Å². The standard InChI is InChI=1S/C30H39F3N2O4/c1-27(2,37-3)21-39-25-13-9-8-12-23(25)24-20-34-17-14-28(24)15-18-35(19-16-28)26(36)29(38-4,30(31,32)33)22-10-6-5-7-11-22/h5-13,24,34H,14-21H2,1-4H3/t24?,29-/m1/s1. The smallest absolute Gasteiger partial charge is 0.430 e. The Labute approximate surface area is 228 Å². The van der Waals surface area contributed by atoms with Crippen molar-refractivity contribution in [2.75, 3.05) is 47.0 Å². The molecule has 2 fully saturated rings. The van der Waals surface area contributed by atoms with Gasteiger partial charge in [-0.3, -0.25) is 4.79 Å². The van der Waals surface area contributed by atoms with Crippen LogP contribution in [0.4, 0.5) is 13.2 Å². The van der Waals surface area contributed by atoms with Crippen molar-refractivity contribution in [2.45, 2.75) is 56.4 Å². The number of hydrogen-bond acceptors (Lipinski definition) is 5. The fraction of sp³-hybridized carbons (Fsp3) is 0.567. The molecule has 0 saturated carbocycles. The molecule has 0 bridgehead atoms. The third-order valence-corrected chi connectivity index (χ3v) is 8.54. The van der Waals surface area contributed by atoms with Gasteiger partial charge in [0.05, 0.1) is 5.60 Å². The predicted molar refractivity (Wildman–Crippen MR) is 143 cm³/mol. The van der Waals surface area contributed by atoms with E-state index in [1.807, 2.05) is 32.0 Å². The van der Waals surface area contributed by atoms with Crippen LogP contribution in [0.1, 0.15) is 50.2 Å². The minimum Gasteiger partial charge on any atom is -0.490 e. The number of benzene rings is 2. The number of methoxy groups -OCH3 is 2. The molecule has 1 N–H and O–H groups in total. The van der Waals surface area contributed by atoms with Crippen LogP contribution in [0.25, 0.3) is 0 Å². The minimum atomic E-state index is -4.92. The number of piperidine rings is 2. The second-order valence-electron chi connectivity index (χ2n) is 11.2. The lowest BCUT2D eigenvalue weighted by molar-refractivity contribution is -0.271. The minimum absolute atomic E-state index is 0.0919. The van der Waals surface area contributed by atoms with Crippen LogP contribution in [0.2, 0.25) is 0 Å². The Balaban J connectivity index is 1.58. The van der Waals surface area contributed by atoms with Crippen molar-refractivity contribution in [1.82, 2.24) is 10.2 Å². The SMILES string of the molecule is COC(C)(C)COc1ccccc1C1CNCCC12CCN(C(=O)[C@](OC)(c1ccccc1)C(F)(F)F)CC2. The maximum atomic E-state index is 14.5.